The van der Waals surface area contributed by atoms with Gasteiger partial charge in [-0.2, -0.15) is 4.31 Å². The van der Waals surface area contributed by atoms with Gasteiger partial charge in [0.15, 0.2) is 0 Å². The fraction of sp³-hybridized carbons (Fsp3) is 0.500. The zero-order valence-corrected chi connectivity index (χ0v) is 12.2. The molecule has 6 heteroatoms. The summed E-state index contributed by atoms with van der Waals surface area (Å²) in [4.78, 5) is 11.7. The molecule has 3 rings (SSSR count). The van der Waals surface area contributed by atoms with Crippen molar-refractivity contribution in [1.82, 2.24) is 9.62 Å². The minimum absolute atomic E-state index is 0.0211. The number of carbonyl (C=O) groups is 1. The van der Waals surface area contributed by atoms with Gasteiger partial charge in [-0.25, -0.2) is 8.42 Å². The molecule has 2 unspecified atom stereocenters. The highest BCUT2D eigenvalue weighted by Crippen LogP contribution is 2.31. The maximum atomic E-state index is 12.7. The molecule has 0 radical (unpaired) electrons. The van der Waals surface area contributed by atoms with Crippen molar-refractivity contribution in [2.75, 3.05) is 6.54 Å². The van der Waals surface area contributed by atoms with Crippen molar-refractivity contribution in [3.8, 4) is 0 Å². The van der Waals surface area contributed by atoms with Gasteiger partial charge in [-0.1, -0.05) is 19.1 Å². The van der Waals surface area contributed by atoms with Gasteiger partial charge in [0.1, 0.15) is 0 Å². The molecule has 0 aliphatic carbocycles. The highest BCUT2D eigenvalue weighted by atomic mass is 32.2. The molecule has 1 N–H and O–H groups in total. The molecular weight excluding hydrogens is 276 g/mol. The van der Waals surface area contributed by atoms with E-state index in [1.54, 1.807) is 12.1 Å². The predicted octanol–water partition coefficient (Wildman–Crippen LogP) is 0.900. The first-order chi connectivity index (χ1) is 9.52. The van der Waals surface area contributed by atoms with Gasteiger partial charge in [-0.3, -0.25) is 4.79 Å². The van der Waals surface area contributed by atoms with E-state index in [1.807, 2.05) is 19.1 Å². The fourth-order valence-electron chi connectivity index (χ4n) is 3.02. The molecular formula is C14H18N2O3S. The standard InChI is InChI=1S/C14H18N2O3S/c1-2-10-3-5-11(6-4-10)20(18,19)16-8-7-12-13(16)9-14(17)15-12/h3-6,12-13H,2,7-9H2,1H3,(H,15,17). The second-order valence-corrected chi connectivity index (χ2v) is 7.24. The maximum Gasteiger partial charge on any atom is 0.243 e. The van der Waals surface area contributed by atoms with Gasteiger partial charge in [-0.05, 0) is 30.5 Å². The number of carbonyl (C=O) groups excluding carboxylic acids is 1. The lowest BCUT2D eigenvalue weighted by atomic mass is 10.1. The van der Waals surface area contributed by atoms with Crippen molar-refractivity contribution in [1.29, 1.82) is 0 Å². The van der Waals surface area contributed by atoms with Gasteiger partial charge in [0, 0.05) is 19.0 Å². The van der Waals surface area contributed by atoms with Crippen LogP contribution in [-0.2, 0) is 21.2 Å². The van der Waals surface area contributed by atoms with Crippen LogP contribution in [0, 0.1) is 0 Å². The van der Waals surface area contributed by atoms with E-state index >= 15 is 0 Å². The van der Waals surface area contributed by atoms with Crippen molar-refractivity contribution >= 4 is 15.9 Å². The fourth-order valence-corrected chi connectivity index (χ4v) is 4.70. The van der Waals surface area contributed by atoms with Gasteiger partial charge in [-0.15, -0.1) is 0 Å². The quantitative estimate of drug-likeness (QED) is 0.900. The molecule has 0 bridgehead atoms. The van der Waals surface area contributed by atoms with Crippen LogP contribution in [0.5, 0.6) is 0 Å². The molecule has 5 nitrogen and oxygen atoms in total. The number of amides is 1. The molecule has 1 aromatic rings. The maximum absolute atomic E-state index is 12.7. The Morgan fingerprint density at radius 1 is 1.30 bits per heavy atom. The second kappa shape index (κ2) is 4.86. The van der Waals surface area contributed by atoms with Crippen LogP contribution >= 0.6 is 0 Å². The molecule has 2 saturated heterocycles. The van der Waals surface area contributed by atoms with E-state index in [4.69, 9.17) is 0 Å². The van der Waals surface area contributed by atoms with E-state index in [0.29, 0.717) is 17.9 Å². The molecule has 2 aliphatic rings. The Hall–Kier alpha value is -1.40. The second-order valence-electron chi connectivity index (χ2n) is 5.35. The van der Waals surface area contributed by atoms with Gasteiger partial charge in [0.2, 0.25) is 15.9 Å². The van der Waals surface area contributed by atoms with E-state index in [1.165, 1.54) is 4.31 Å². The molecule has 108 valence electrons. The third-order valence-electron chi connectivity index (χ3n) is 4.17. The molecule has 2 aliphatic heterocycles. The Labute approximate surface area is 119 Å². The number of sulfonamides is 1. The van der Waals surface area contributed by atoms with Gasteiger partial charge in [0.25, 0.3) is 0 Å². The SMILES string of the molecule is CCc1ccc(S(=O)(=O)N2CCC3NC(=O)CC32)cc1. The first-order valence-electron chi connectivity index (χ1n) is 6.92. The third-order valence-corrected chi connectivity index (χ3v) is 6.11. The summed E-state index contributed by atoms with van der Waals surface area (Å²) >= 11 is 0. The van der Waals surface area contributed by atoms with E-state index < -0.39 is 10.0 Å². The summed E-state index contributed by atoms with van der Waals surface area (Å²) < 4.78 is 26.8. The Morgan fingerprint density at radius 3 is 2.65 bits per heavy atom. The number of nitrogens with one attached hydrogen (secondary N) is 1. The smallest absolute Gasteiger partial charge is 0.243 e. The van der Waals surface area contributed by atoms with E-state index in [2.05, 4.69) is 5.32 Å². The van der Waals surface area contributed by atoms with E-state index in [-0.39, 0.29) is 24.4 Å². The topological polar surface area (TPSA) is 66.5 Å². The van der Waals surface area contributed by atoms with Crippen LogP contribution < -0.4 is 5.32 Å². The van der Waals surface area contributed by atoms with Crippen LogP contribution in [-0.4, -0.2) is 37.3 Å². The lowest BCUT2D eigenvalue weighted by Crippen LogP contribution is -2.38. The molecule has 0 saturated carbocycles. The molecule has 1 amide bonds. The lowest BCUT2D eigenvalue weighted by molar-refractivity contribution is -0.119. The van der Waals surface area contributed by atoms with Crippen LogP contribution in [0.4, 0.5) is 0 Å². The predicted molar refractivity (Wildman–Crippen MR) is 74.7 cm³/mol. The largest absolute Gasteiger partial charge is 0.352 e. The molecule has 0 spiro atoms. The first-order valence-corrected chi connectivity index (χ1v) is 8.36. The zero-order valence-electron chi connectivity index (χ0n) is 11.4. The van der Waals surface area contributed by atoms with Crippen LogP contribution in [0.25, 0.3) is 0 Å². The molecule has 2 atom stereocenters. The average molecular weight is 294 g/mol. The highest BCUT2D eigenvalue weighted by molar-refractivity contribution is 7.89. The Balaban J connectivity index is 1.89. The lowest BCUT2D eigenvalue weighted by Gasteiger charge is -2.22. The van der Waals surface area contributed by atoms with Crippen molar-refractivity contribution in [2.45, 2.75) is 43.2 Å². The highest BCUT2D eigenvalue weighted by Gasteiger charge is 2.46. The van der Waals surface area contributed by atoms with Crippen molar-refractivity contribution in [3.05, 3.63) is 29.8 Å². The Morgan fingerprint density at radius 2 is 2.00 bits per heavy atom. The average Bonchev–Trinajstić information content (AvgIpc) is 2.97. The van der Waals surface area contributed by atoms with Crippen molar-refractivity contribution in [2.24, 2.45) is 0 Å². The minimum atomic E-state index is -3.50. The number of hydrogen-bond donors (Lipinski definition) is 1. The normalized spacial score (nSPS) is 26.6. The third kappa shape index (κ3) is 2.13. The molecule has 0 aromatic heterocycles. The monoisotopic (exact) mass is 294 g/mol. The van der Waals surface area contributed by atoms with Crippen LogP contribution in [0.2, 0.25) is 0 Å². The van der Waals surface area contributed by atoms with Gasteiger partial charge in [0.05, 0.1) is 10.9 Å². The number of hydrogen-bond acceptors (Lipinski definition) is 3. The van der Waals surface area contributed by atoms with Crippen molar-refractivity contribution < 1.29 is 13.2 Å². The van der Waals surface area contributed by atoms with Crippen LogP contribution in [0.3, 0.4) is 0 Å². The number of aryl methyl sites for hydroxylation is 1. The first kappa shape index (κ1) is 13.6. The van der Waals surface area contributed by atoms with Gasteiger partial charge >= 0.3 is 0 Å². The zero-order chi connectivity index (χ0) is 14.3. The number of benzene rings is 1. The molecule has 1 aromatic carbocycles. The summed E-state index contributed by atoms with van der Waals surface area (Å²) in [5, 5.41) is 2.84. The Bertz CT molecular complexity index is 624. The summed E-state index contributed by atoms with van der Waals surface area (Å²) in [6, 6.07) is 6.76. The summed E-state index contributed by atoms with van der Waals surface area (Å²) in [6.45, 7) is 2.51. The summed E-state index contributed by atoms with van der Waals surface area (Å²) in [6.07, 6.45) is 1.85. The molecule has 20 heavy (non-hydrogen) atoms. The molecule has 2 fully saturated rings. The summed E-state index contributed by atoms with van der Waals surface area (Å²) in [7, 11) is -3.50. The summed E-state index contributed by atoms with van der Waals surface area (Å²) in [5.41, 5.74) is 1.11. The number of nitrogens with zero attached hydrogens (tertiary/aromatic N) is 1. The Kier molecular flexibility index (Phi) is 3.30. The number of rotatable bonds is 3. The van der Waals surface area contributed by atoms with Crippen LogP contribution in [0.15, 0.2) is 29.2 Å². The summed E-state index contributed by atoms with van der Waals surface area (Å²) in [5.74, 6) is -0.0544. The molecule has 2 heterocycles. The minimum Gasteiger partial charge on any atom is -0.352 e. The van der Waals surface area contributed by atoms with Gasteiger partial charge < -0.3 is 5.32 Å². The van der Waals surface area contributed by atoms with Crippen molar-refractivity contribution in [3.63, 3.8) is 0 Å². The van der Waals surface area contributed by atoms with E-state index in [0.717, 1.165) is 12.0 Å². The van der Waals surface area contributed by atoms with E-state index in [9.17, 15) is 13.2 Å². The van der Waals surface area contributed by atoms with Crippen LogP contribution in [0.1, 0.15) is 25.3 Å². The number of fused-ring (bicyclic) bond motifs is 1.